The lowest BCUT2D eigenvalue weighted by atomic mass is 9.94. The Morgan fingerprint density at radius 2 is 1.92 bits per heavy atom. The summed E-state index contributed by atoms with van der Waals surface area (Å²) < 4.78 is 40.8. The van der Waals surface area contributed by atoms with Crippen molar-refractivity contribution < 1.29 is 32.3 Å². The summed E-state index contributed by atoms with van der Waals surface area (Å²) in [5.41, 5.74) is 1.58. The van der Waals surface area contributed by atoms with Crippen LogP contribution in [0, 0.1) is 0 Å². The second-order valence-electron chi connectivity index (χ2n) is 5.64. The molecule has 2 rings (SSSR count). The molecule has 0 aliphatic carbocycles. The number of hydrogen-bond acceptors (Lipinski definition) is 4. The molecule has 0 saturated heterocycles. The summed E-state index contributed by atoms with van der Waals surface area (Å²) in [6, 6.07) is 6.56. The van der Waals surface area contributed by atoms with Crippen molar-refractivity contribution in [2.75, 3.05) is 13.2 Å². The third kappa shape index (κ3) is 5.33. The Morgan fingerprint density at radius 1 is 1.23 bits per heavy atom. The number of alkyl halides is 3. The van der Waals surface area contributed by atoms with Crippen molar-refractivity contribution >= 4 is 23.9 Å². The molecule has 1 N–H and O–H groups in total. The van der Waals surface area contributed by atoms with Gasteiger partial charge >= 0.3 is 12.1 Å². The second-order valence-corrected chi connectivity index (χ2v) is 5.64. The van der Waals surface area contributed by atoms with Gasteiger partial charge in [-0.05, 0) is 17.2 Å². The van der Waals surface area contributed by atoms with Crippen molar-refractivity contribution in [2.45, 2.75) is 25.6 Å². The van der Waals surface area contributed by atoms with E-state index in [2.05, 4.69) is 0 Å². The first-order chi connectivity index (χ1) is 12.2. The molecule has 1 heterocycles. The minimum atomic E-state index is -4.54. The quantitative estimate of drug-likeness (QED) is 0.806. The summed E-state index contributed by atoms with van der Waals surface area (Å²) in [5, 5.41) is 1.61. The Morgan fingerprint density at radius 3 is 2.58 bits per heavy atom. The van der Waals surface area contributed by atoms with Gasteiger partial charge in [-0.25, -0.2) is 0 Å². The molecule has 9 heteroatoms. The number of ether oxygens (including phenoxy) is 1. The first-order valence-electron chi connectivity index (χ1n) is 7.72. The van der Waals surface area contributed by atoms with Crippen LogP contribution in [0.2, 0.25) is 0 Å². The molecule has 0 aromatic heterocycles. The number of carbonyl (C=O) groups excluding carboxylic acids is 3. The first kappa shape index (κ1) is 19.5. The fraction of sp³-hybridized carbons (Fsp3) is 0.353. The maximum atomic E-state index is 12.0. The number of rotatable bonds is 5. The summed E-state index contributed by atoms with van der Waals surface area (Å²) in [4.78, 5) is 36.5. The number of nitrogens with zero attached hydrogens (tertiary/aromatic N) is 1. The Balaban J connectivity index is 1.97. The highest BCUT2D eigenvalue weighted by atomic mass is 19.4. The fourth-order valence-corrected chi connectivity index (χ4v) is 2.53. The minimum absolute atomic E-state index is 0.229. The number of benzene rings is 1. The topological polar surface area (TPSA) is 75.7 Å². The number of nitrogens with one attached hydrogen (secondary N) is 1. The molecule has 1 aromatic rings. The normalized spacial score (nSPS) is 16.0. The molecule has 0 unspecified atom stereocenters. The summed E-state index contributed by atoms with van der Waals surface area (Å²) in [7, 11) is 0. The predicted molar refractivity (Wildman–Crippen MR) is 85.4 cm³/mol. The first-order valence-corrected chi connectivity index (χ1v) is 7.72. The lowest BCUT2D eigenvalue weighted by Crippen LogP contribution is -2.37. The Bertz CT molecular complexity index is 731. The monoisotopic (exact) mass is 370 g/mol. The van der Waals surface area contributed by atoms with Gasteiger partial charge in [-0.2, -0.15) is 13.2 Å². The molecule has 0 bridgehead atoms. The Labute approximate surface area is 147 Å². The molecule has 1 aliphatic rings. The van der Waals surface area contributed by atoms with Crippen LogP contribution in [0.15, 0.2) is 30.5 Å². The van der Waals surface area contributed by atoms with E-state index in [1.54, 1.807) is 29.7 Å². The van der Waals surface area contributed by atoms with Crippen LogP contribution in [-0.4, -0.2) is 42.0 Å². The molecule has 0 radical (unpaired) electrons. The van der Waals surface area contributed by atoms with Gasteiger partial charge in [0.1, 0.15) is 6.54 Å². The van der Waals surface area contributed by atoms with Crippen LogP contribution in [0.5, 0.6) is 0 Å². The van der Waals surface area contributed by atoms with Gasteiger partial charge in [-0.3, -0.25) is 14.4 Å². The van der Waals surface area contributed by atoms with E-state index in [1.165, 1.54) is 11.8 Å². The van der Waals surface area contributed by atoms with Crippen molar-refractivity contribution in [2.24, 2.45) is 0 Å². The van der Waals surface area contributed by atoms with Crippen molar-refractivity contribution in [1.82, 2.24) is 10.2 Å². The zero-order valence-electron chi connectivity index (χ0n) is 13.9. The van der Waals surface area contributed by atoms with Crippen LogP contribution in [0.1, 0.15) is 30.5 Å². The highest BCUT2D eigenvalue weighted by Crippen LogP contribution is 2.33. The van der Waals surface area contributed by atoms with Gasteiger partial charge in [0.25, 0.3) is 5.91 Å². The molecule has 140 valence electrons. The van der Waals surface area contributed by atoms with Gasteiger partial charge in [0.05, 0.1) is 12.5 Å². The zero-order chi connectivity index (χ0) is 19.3. The molecule has 2 amide bonds. The average molecular weight is 370 g/mol. The van der Waals surface area contributed by atoms with E-state index < -0.39 is 37.2 Å². The summed E-state index contributed by atoms with van der Waals surface area (Å²) in [6.07, 6.45) is -1.48. The predicted octanol–water partition coefficient (Wildman–Crippen LogP) is 2.17. The average Bonchev–Trinajstić information content (AvgIpc) is 2.57. The van der Waals surface area contributed by atoms with E-state index >= 15 is 0 Å². The van der Waals surface area contributed by atoms with Gasteiger partial charge < -0.3 is 15.0 Å². The van der Waals surface area contributed by atoms with Gasteiger partial charge in [-0.1, -0.05) is 24.3 Å². The van der Waals surface area contributed by atoms with E-state index in [1.807, 2.05) is 12.1 Å². The molecule has 26 heavy (non-hydrogen) atoms. The van der Waals surface area contributed by atoms with E-state index in [9.17, 15) is 27.6 Å². The highest BCUT2D eigenvalue weighted by Gasteiger charge is 2.30. The van der Waals surface area contributed by atoms with Gasteiger partial charge in [0.2, 0.25) is 5.91 Å². The number of halogens is 3. The summed E-state index contributed by atoms with van der Waals surface area (Å²) in [6.45, 7) is -0.970. The van der Waals surface area contributed by atoms with Crippen LogP contribution < -0.4 is 5.32 Å². The number of amides is 2. The molecule has 1 aliphatic heterocycles. The fourth-order valence-electron chi connectivity index (χ4n) is 2.53. The van der Waals surface area contributed by atoms with Gasteiger partial charge in [-0.15, -0.1) is 0 Å². The molecular weight excluding hydrogens is 353 g/mol. The molecule has 0 fully saturated rings. The molecule has 6 nitrogen and oxygen atoms in total. The lowest BCUT2D eigenvalue weighted by Gasteiger charge is -2.32. The van der Waals surface area contributed by atoms with E-state index in [-0.39, 0.29) is 12.3 Å². The van der Waals surface area contributed by atoms with E-state index in [0.29, 0.717) is 0 Å². The lowest BCUT2D eigenvalue weighted by molar-refractivity contribution is -0.152. The van der Waals surface area contributed by atoms with Crippen LogP contribution in [0.4, 0.5) is 13.2 Å². The highest BCUT2D eigenvalue weighted by molar-refractivity contribution is 5.82. The maximum Gasteiger partial charge on any atom is 0.405 e. The van der Waals surface area contributed by atoms with Crippen LogP contribution in [-0.2, 0) is 19.1 Å². The third-order valence-corrected chi connectivity index (χ3v) is 3.68. The molecule has 0 saturated carbocycles. The SMILES string of the molecule is CC(=O)N1C=Cc2ccccc2[C@H]1CC(=O)OCC(=O)NCC(F)(F)F. The number of fused-ring (bicyclic) bond motifs is 1. The van der Waals surface area contributed by atoms with Crippen LogP contribution in [0.3, 0.4) is 0 Å². The molecule has 0 spiro atoms. The van der Waals surface area contributed by atoms with Gasteiger partial charge in [0.15, 0.2) is 6.61 Å². The standard InChI is InChI=1S/C17H17F3N2O4/c1-11(23)22-7-6-12-4-2-3-5-13(12)14(22)8-16(25)26-9-15(24)21-10-17(18,19)20/h2-7,14H,8-10H2,1H3,(H,21,24)/t14-/m1/s1. The van der Waals surface area contributed by atoms with E-state index in [4.69, 9.17) is 4.74 Å². The van der Waals surface area contributed by atoms with Crippen LogP contribution >= 0.6 is 0 Å². The van der Waals surface area contributed by atoms with Crippen molar-refractivity contribution in [3.05, 3.63) is 41.6 Å². The second kappa shape index (κ2) is 8.03. The van der Waals surface area contributed by atoms with Crippen molar-refractivity contribution in [1.29, 1.82) is 0 Å². The number of hydrogen-bond donors (Lipinski definition) is 1. The van der Waals surface area contributed by atoms with Crippen molar-refractivity contribution in [3.8, 4) is 0 Å². The largest absolute Gasteiger partial charge is 0.456 e. The molecular formula is C17H17F3N2O4. The zero-order valence-corrected chi connectivity index (χ0v) is 13.9. The summed E-state index contributed by atoms with van der Waals surface area (Å²) in [5.74, 6) is -2.13. The smallest absolute Gasteiger partial charge is 0.405 e. The van der Waals surface area contributed by atoms with E-state index in [0.717, 1.165) is 11.1 Å². The third-order valence-electron chi connectivity index (χ3n) is 3.68. The van der Waals surface area contributed by atoms with Crippen LogP contribution in [0.25, 0.3) is 6.08 Å². The van der Waals surface area contributed by atoms with Gasteiger partial charge in [0, 0.05) is 13.1 Å². The van der Waals surface area contributed by atoms with Crippen molar-refractivity contribution in [3.63, 3.8) is 0 Å². The molecule has 1 atom stereocenters. The Hall–Kier alpha value is -2.84. The number of esters is 1. The number of carbonyl (C=O) groups is 3. The maximum absolute atomic E-state index is 12.0. The molecule has 1 aromatic carbocycles. The Kier molecular flexibility index (Phi) is 6.01. The summed E-state index contributed by atoms with van der Waals surface area (Å²) >= 11 is 0. The minimum Gasteiger partial charge on any atom is -0.456 e.